The van der Waals surface area contributed by atoms with Crippen LogP contribution in [0, 0.1) is 5.82 Å². The molecule has 2 N–H and O–H groups in total. The number of rotatable bonds is 4. The fourth-order valence-electron chi connectivity index (χ4n) is 2.38. The normalized spacial score (nSPS) is 13.4. The molecule has 1 aromatic heterocycles. The van der Waals surface area contributed by atoms with Crippen molar-refractivity contribution in [3.8, 4) is 0 Å². The summed E-state index contributed by atoms with van der Waals surface area (Å²) in [6.45, 7) is 6.88. The zero-order valence-corrected chi connectivity index (χ0v) is 11.2. The molecule has 1 aromatic carbocycles. The van der Waals surface area contributed by atoms with Gasteiger partial charge in [0.1, 0.15) is 11.6 Å². The fourth-order valence-corrected chi connectivity index (χ4v) is 2.38. The molecule has 18 heavy (non-hydrogen) atoms. The average Bonchev–Trinajstić information content (AvgIpc) is 2.68. The Balaban J connectivity index is 2.68. The third-order valence-corrected chi connectivity index (χ3v) is 3.34. The van der Waals surface area contributed by atoms with Crippen LogP contribution in [0.2, 0.25) is 0 Å². The van der Waals surface area contributed by atoms with Crippen LogP contribution in [0.4, 0.5) is 4.39 Å². The second-order valence-electron chi connectivity index (χ2n) is 4.91. The van der Waals surface area contributed by atoms with Crippen LogP contribution < -0.4 is 5.73 Å². The number of halogens is 1. The van der Waals surface area contributed by atoms with E-state index in [1.165, 1.54) is 12.1 Å². The van der Waals surface area contributed by atoms with Gasteiger partial charge in [-0.05, 0) is 32.4 Å². The van der Waals surface area contributed by atoms with Gasteiger partial charge in [-0.15, -0.1) is 0 Å². The number of fused-ring (bicyclic) bond motifs is 1. The Morgan fingerprint density at radius 2 is 2.11 bits per heavy atom. The number of nitrogens with zero attached hydrogens (tertiary/aromatic N) is 2. The van der Waals surface area contributed by atoms with Gasteiger partial charge in [-0.25, -0.2) is 9.37 Å². The van der Waals surface area contributed by atoms with Crippen molar-refractivity contribution in [2.24, 2.45) is 5.73 Å². The van der Waals surface area contributed by atoms with Crippen LogP contribution in [0.5, 0.6) is 0 Å². The monoisotopic (exact) mass is 249 g/mol. The molecule has 0 aliphatic rings. The van der Waals surface area contributed by atoms with E-state index in [1.54, 1.807) is 6.07 Å². The van der Waals surface area contributed by atoms with Gasteiger partial charge in [0.2, 0.25) is 0 Å². The maximum atomic E-state index is 13.3. The van der Waals surface area contributed by atoms with Crippen molar-refractivity contribution in [3.05, 3.63) is 29.8 Å². The van der Waals surface area contributed by atoms with Crippen molar-refractivity contribution in [2.75, 3.05) is 6.54 Å². The molecule has 0 fully saturated rings. The smallest absolute Gasteiger partial charge is 0.125 e. The molecule has 1 unspecified atom stereocenters. The minimum Gasteiger partial charge on any atom is -0.330 e. The predicted molar refractivity (Wildman–Crippen MR) is 72.2 cm³/mol. The summed E-state index contributed by atoms with van der Waals surface area (Å²) in [5, 5.41) is 0. The molecule has 0 aliphatic heterocycles. The first-order valence-electron chi connectivity index (χ1n) is 6.45. The maximum absolute atomic E-state index is 13.3. The second kappa shape index (κ2) is 5.06. The predicted octanol–water partition coefficient (Wildman–Crippen LogP) is 3.21. The number of nitrogens with two attached hydrogens (primary N) is 1. The number of imidazole rings is 1. The van der Waals surface area contributed by atoms with E-state index in [4.69, 9.17) is 5.73 Å². The van der Waals surface area contributed by atoms with E-state index >= 15 is 0 Å². The molecule has 98 valence electrons. The summed E-state index contributed by atoms with van der Waals surface area (Å²) >= 11 is 0. The van der Waals surface area contributed by atoms with Crippen LogP contribution in [0.15, 0.2) is 18.2 Å². The van der Waals surface area contributed by atoms with Gasteiger partial charge in [0.15, 0.2) is 0 Å². The quantitative estimate of drug-likeness (QED) is 0.904. The Morgan fingerprint density at radius 1 is 1.39 bits per heavy atom. The molecule has 1 atom stereocenters. The Hall–Kier alpha value is -1.42. The van der Waals surface area contributed by atoms with Crippen LogP contribution in [-0.2, 0) is 0 Å². The lowest BCUT2D eigenvalue weighted by Gasteiger charge is -2.18. The SMILES string of the molecule is CCC(CN)c1nc2cc(F)ccc2n1C(C)C. The Bertz CT molecular complexity index is 541. The molecule has 2 aromatic rings. The topological polar surface area (TPSA) is 43.8 Å². The maximum Gasteiger partial charge on any atom is 0.125 e. The molecule has 0 aliphatic carbocycles. The summed E-state index contributed by atoms with van der Waals surface area (Å²) in [5.74, 6) is 0.946. The number of aromatic nitrogens is 2. The first-order valence-corrected chi connectivity index (χ1v) is 6.45. The van der Waals surface area contributed by atoms with E-state index in [1.807, 2.05) is 0 Å². The first-order chi connectivity index (χ1) is 8.58. The van der Waals surface area contributed by atoms with Gasteiger partial charge in [-0.3, -0.25) is 0 Å². The van der Waals surface area contributed by atoms with Gasteiger partial charge in [0.05, 0.1) is 11.0 Å². The Morgan fingerprint density at radius 3 is 2.67 bits per heavy atom. The van der Waals surface area contributed by atoms with E-state index in [-0.39, 0.29) is 17.8 Å². The molecule has 0 bridgehead atoms. The van der Waals surface area contributed by atoms with Crippen molar-refractivity contribution >= 4 is 11.0 Å². The van der Waals surface area contributed by atoms with Gasteiger partial charge in [-0.2, -0.15) is 0 Å². The van der Waals surface area contributed by atoms with Crippen molar-refractivity contribution in [3.63, 3.8) is 0 Å². The summed E-state index contributed by atoms with van der Waals surface area (Å²) in [7, 11) is 0. The second-order valence-corrected chi connectivity index (χ2v) is 4.91. The van der Waals surface area contributed by atoms with Crippen LogP contribution in [0.3, 0.4) is 0 Å². The number of hydrogen-bond acceptors (Lipinski definition) is 2. The van der Waals surface area contributed by atoms with Gasteiger partial charge >= 0.3 is 0 Å². The van der Waals surface area contributed by atoms with E-state index in [0.29, 0.717) is 12.1 Å². The van der Waals surface area contributed by atoms with E-state index in [0.717, 1.165) is 17.8 Å². The summed E-state index contributed by atoms with van der Waals surface area (Å²) in [5.41, 5.74) is 7.50. The minimum absolute atomic E-state index is 0.225. The van der Waals surface area contributed by atoms with Gasteiger partial charge < -0.3 is 10.3 Å². The highest BCUT2D eigenvalue weighted by Crippen LogP contribution is 2.27. The Kier molecular flexibility index (Phi) is 3.66. The summed E-state index contributed by atoms with van der Waals surface area (Å²) in [4.78, 5) is 4.58. The average molecular weight is 249 g/mol. The molecule has 0 saturated carbocycles. The molecule has 4 heteroatoms. The van der Waals surface area contributed by atoms with E-state index in [2.05, 4.69) is 30.3 Å². The van der Waals surface area contributed by atoms with Crippen molar-refractivity contribution < 1.29 is 4.39 Å². The zero-order chi connectivity index (χ0) is 13.3. The molecule has 3 nitrogen and oxygen atoms in total. The molecule has 2 rings (SSSR count). The van der Waals surface area contributed by atoms with Crippen molar-refractivity contribution in [1.82, 2.24) is 9.55 Å². The summed E-state index contributed by atoms with van der Waals surface area (Å²) in [6.07, 6.45) is 0.940. The molecule has 0 amide bonds. The largest absolute Gasteiger partial charge is 0.330 e. The minimum atomic E-state index is -0.247. The lowest BCUT2D eigenvalue weighted by molar-refractivity contribution is 0.530. The van der Waals surface area contributed by atoms with Gasteiger partial charge in [0, 0.05) is 24.6 Å². The highest BCUT2D eigenvalue weighted by molar-refractivity contribution is 5.76. The highest BCUT2D eigenvalue weighted by Gasteiger charge is 2.19. The molecule has 0 spiro atoms. The third-order valence-electron chi connectivity index (χ3n) is 3.34. The van der Waals surface area contributed by atoms with E-state index < -0.39 is 0 Å². The van der Waals surface area contributed by atoms with Gasteiger partial charge in [0.25, 0.3) is 0 Å². The molecule has 0 saturated heterocycles. The molecule has 0 radical (unpaired) electrons. The number of benzene rings is 1. The van der Waals surface area contributed by atoms with Crippen LogP contribution in [0.25, 0.3) is 11.0 Å². The number of hydrogen-bond donors (Lipinski definition) is 1. The lowest BCUT2D eigenvalue weighted by Crippen LogP contribution is -2.17. The first kappa shape index (κ1) is 13.0. The Labute approximate surface area is 107 Å². The molecule has 1 heterocycles. The van der Waals surface area contributed by atoms with Crippen LogP contribution in [-0.4, -0.2) is 16.1 Å². The fraction of sp³-hybridized carbons (Fsp3) is 0.500. The summed E-state index contributed by atoms with van der Waals surface area (Å²) < 4.78 is 15.4. The lowest BCUT2D eigenvalue weighted by atomic mass is 10.1. The standard InChI is InChI=1S/C14H20FN3/c1-4-10(8-16)14-17-12-7-11(15)5-6-13(12)18(14)9(2)3/h5-7,9-10H,4,8,16H2,1-3H3. The summed E-state index contributed by atoms with van der Waals surface area (Å²) in [6, 6.07) is 5.05. The van der Waals surface area contributed by atoms with E-state index in [9.17, 15) is 4.39 Å². The van der Waals surface area contributed by atoms with Crippen LogP contribution >= 0.6 is 0 Å². The molecular formula is C14H20FN3. The van der Waals surface area contributed by atoms with Gasteiger partial charge in [-0.1, -0.05) is 6.92 Å². The van der Waals surface area contributed by atoms with Crippen molar-refractivity contribution in [2.45, 2.75) is 39.2 Å². The highest BCUT2D eigenvalue weighted by atomic mass is 19.1. The third kappa shape index (κ3) is 2.12. The zero-order valence-electron chi connectivity index (χ0n) is 11.2. The van der Waals surface area contributed by atoms with Crippen LogP contribution in [0.1, 0.15) is 45.0 Å². The van der Waals surface area contributed by atoms with Crippen molar-refractivity contribution in [1.29, 1.82) is 0 Å². The molecular weight excluding hydrogens is 229 g/mol.